The van der Waals surface area contributed by atoms with Gasteiger partial charge >= 0.3 is 0 Å². The van der Waals surface area contributed by atoms with Crippen molar-refractivity contribution in [3.63, 3.8) is 0 Å². The molecule has 1 saturated carbocycles. The van der Waals surface area contributed by atoms with Crippen molar-refractivity contribution in [3.8, 4) is 16.9 Å². The number of imidazole rings is 1. The Kier molecular flexibility index (Phi) is 4.84. The van der Waals surface area contributed by atoms with E-state index in [1.54, 1.807) is 0 Å². The topological polar surface area (TPSA) is 72.5 Å². The third-order valence-corrected chi connectivity index (χ3v) is 7.68. The van der Waals surface area contributed by atoms with Gasteiger partial charge in [0.05, 0.1) is 22.5 Å². The summed E-state index contributed by atoms with van der Waals surface area (Å²) in [4.78, 5) is 14.9. The van der Waals surface area contributed by atoms with Gasteiger partial charge in [-0.2, -0.15) is 0 Å². The number of aromatic nitrogens is 4. The normalized spacial score (nSPS) is 20.4. The summed E-state index contributed by atoms with van der Waals surface area (Å²) in [6, 6.07) is 10.3. The molecule has 0 bridgehead atoms. The van der Waals surface area contributed by atoms with Crippen LogP contribution >= 0.6 is 0 Å². The fraction of sp³-hybridized carbons (Fsp3) is 0.444. The van der Waals surface area contributed by atoms with Crippen molar-refractivity contribution in [2.24, 2.45) is 5.92 Å². The van der Waals surface area contributed by atoms with E-state index in [0.29, 0.717) is 6.61 Å². The molecule has 1 aliphatic carbocycles. The summed E-state index contributed by atoms with van der Waals surface area (Å²) >= 11 is 0. The average molecular weight is 471 g/mol. The Labute approximate surface area is 204 Å². The van der Waals surface area contributed by atoms with E-state index in [0.717, 1.165) is 83.1 Å². The van der Waals surface area contributed by atoms with Crippen molar-refractivity contribution in [2.75, 3.05) is 44.2 Å². The third kappa shape index (κ3) is 3.50. The molecule has 8 heteroatoms. The predicted octanol–water partition coefficient (Wildman–Crippen LogP) is 4.22. The number of benzene rings is 1. The molecular weight excluding hydrogens is 440 g/mol. The average Bonchev–Trinajstić information content (AvgIpc) is 3.53. The van der Waals surface area contributed by atoms with Gasteiger partial charge in [0, 0.05) is 44.5 Å². The summed E-state index contributed by atoms with van der Waals surface area (Å²) in [5.74, 6) is 3.59. The van der Waals surface area contributed by atoms with Crippen LogP contribution in [0.5, 0.6) is 5.75 Å². The first-order chi connectivity index (χ1) is 17.2. The van der Waals surface area contributed by atoms with Gasteiger partial charge < -0.3 is 14.2 Å². The van der Waals surface area contributed by atoms with Gasteiger partial charge in [0.15, 0.2) is 5.75 Å². The summed E-state index contributed by atoms with van der Waals surface area (Å²) in [5, 5.41) is 4.19. The summed E-state index contributed by atoms with van der Waals surface area (Å²) in [6.45, 7) is 9.82. The minimum atomic E-state index is -0.0342. The maximum atomic E-state index is 6.50. The van der Waals surface area contributed by atoms with Crippen LogP contribution in [0.4, 0.5) is 5.95 Å². The van der Waals surface area contributed by atoms with Crippen molar-refractivity contribution in [2.45, 2.75) is 32.7 Å². The molecule has 4 aromatic rings. The number of ether oxygens (including phenoxy) is 1. The van der Waals surface area contributed by atoms with E-state index in [4.69, 9.17) is 19.2 Å². The van der Waals surface area contributed by atoms with E-state index < -0.39 is 0 Å². The molecule has 3 aromatic heterocycles. The van der Waals surface area contributed by atoms with Gasteiger partial charge in [0.25, 0.3) is 0 Å². The molecule has 1 atom stereocenters. The van der Waals surface area contributed by atoms with Crippen molar-refractivity contribution < 1.29 is 9.26 Å². The standard InChI is InChI=1S/C27H30N6O2/c1-17-24(18(2)35-30-17)20-8-9-22-25-26(20)34-16-23(21-5-3-4-10-28-21)33(25)27(29-22)32-13-11-31(12-14-32)15-19-6-7-19/h3-5,8-10,19,23H,6-7,11-16H2,1-2H3/t23-/m1/s1. The van der Waals surface area contributed by atoms with Crippen LogP contribution < -0.4 is 9.64 Å². The maximum Gasteiger partial charge on any atom is 0.207 e. The Hall–Kier alpha value is -3.39. The van der Waals surface area contributed by atoms with E-state index in [9.17, 15) is 0 Å². The predicted molar refractivity (Wildman–Crippen MR) is 134 cm³/mol. The lowest BCUT2D eigenvalue weighted by atomic mass is 10.0. The molecule has 5 heterocycles. The molecule has 1 saturated heterocycles. The Morgan fingerprint density at radius 1 is 1.03 bits per heavy atom. The second kappa shape index (κ2) is 8.09. The number of hydrogen-bond donors (Lipinski definition) is 0. The Balaban J connectivity index is 1.35. The first kappa shape index (κ1) is 20.9. The monoisotopic (exact) mass is 470 g/mol. The Morgan fingerprint density at radius 2 is 1.89 bits per heavy atom. The molecule has 7 rings (SSSR count). The van der Waals surface area contributed by atoms with Crippen LogP contribution in [-0.4, -0.2) is 63.9 Å². The lowest BCUT2D eigenvalue weighted by Crippen LogP contribution is -2.48. The first-order valence-corrected chi connectivity index (χ1v) is 12.7. The number of anilines is 1. The van der Waals surface area contributed by atoms with Crippen LogP contribution in [0.25, 0.3) is 22.2 Å². The van der Waals surface area contributed by atoms with Crippen molar-refractivity contribution >= 4 is 17.0 Å². The molecule has 3 aliphatic rings. The number of aryl methyl sites for hydroxylation is 2. The number of pyridine rings is 1. The minimum Gasteiger partial charge on any atom is -0.488 e. The van der Waals surface area contributed by atoms with Crippen LogP contribution in [0.3, 0.4) is 0 Å². The van der Waals surface area contributed by atoms with Crippen molar-refractivity contribution in [3.05, 3.63) is 53.7 Å². The molecule has 180 valence electrons. The highest BCUT2D eigenvalue weighted by atomic mass is 16.5. The lowest BCUT2D eigenvalue weighted by Gasteiger charge is -2.37. The molecule has 1 aromatic carbocycles. The highest BCUT2D eigenvalue weighted by Gasteiger charge is 2.35. The third-order valence-electron chi connectivity index (χ3n) is 7.68. The molecule has 35 heavy (non-hydrogen) atoms. The van der Waals surface area contributed by atoms with E-state index in [1.807, 2.05) is 32.2 Å². The molecule has 0 radical (unpaired) electrons. The van der Waals surface area contributed by atoms with Crippen LogP contribution in [0, 0.1) is 19.8 Å². The van der Waals surface area contributed by atoms with Crippen molar-refractivity contribution in [1.82, 2.24) is 24.6 Å². The maximum absolute atomic E-state index is 6.50. The van der Waals surface area contributed by atoms with Gasteiger partial charge in [-0.05, 0) is 56.9 Å². The molecule has 8 nitrogen and oxygen atoms in total. The second-order valence-corrected chi connectivity index (χ2v) is 10.1. The zero-order valence-electron chi connectivity index (χ0n) is 20.3. The Morgan fingerprint density at radius 3 is 2.60 bits per heavy atom. The van der Waals surface area contributed by atoms with Gasteiger partial charge in [0.1, 0.15) is 23.9 Å². The van der Waals surface area contributed by atoms with Gasteiger partial charge in [-0.3, -0.25) is 14.5 Å². The van der Waals surface area contributed by atoms with E-state index in [2.05, 4.69) is 37.7 Å². The van der Waals surface area contributed by atoms with Crippen LogP contribution in [0.15, 0.2) is 41.1 Å². The highest BCUT2D eigenvalue weighted by molar-refractivity contribution is 5.94. The molecule has 2 fully saturated rings. The number of piperazine rings is 1. The SMILES string of the molecule is Cc1noc(C)c1-c1ccc2nc(N3CCN(CC4CC4)CC3)n3c2c1OC[C@@H]3c1ccccn1. The van der Waals surface area contributed by atoms with Crippen molar-refractivity contribution in [1.29, 1.82) is 0 Å². The first-order valence-electron chi connectivity index (χ1n) is 12.7. The van der Waals surface area contributed by atoms with Gasteiger partial charge in [-0.15, -0.1) is 0 Å². The lowest BCUT2D eigenvalue weighted by molar-refractivity contribution is 0.240. The van der Waals surface area contributed by atoms with E-state index in [-0.39, 0.29) is 6.04 Å². The van der Waals surface area contributed by atoms with Gasteiger partial charge in [-0.1, -0.05) is 11.2 Å². The fourth-order valence-corrected chi connectivity index (χ4v) is 5.70. The minimum absolute atomic E-state index is 0.0342. The number of hydrogen-bond acceptors (Lipinski definition) is 7. The quantitative estimate of drug-likeness (QED) is 0.432. The number of nitrogens with zero attached hydrogens (tertiary/aromatic N) is 6. The van der Waals surface area contributed by atoms with Crippen LogP contribution in [-0.2, 0) is 0 Å². The summed E-state index contributed by atoms with van der Waals surface area (Å²) in [6.07, 6.45) is 4.66. The molecule has 2 aliphatic heterocycles. The molecule has 0 spiro atoms. The van der Waals surface area contributed by atoms with Crippen LogP contribution in [0.2, 0.25) is 0 Å². The van der Waals surface area contributed by atoms with Gasteiger partial charge in [0.2, 0.25) is 5.95 Å². The fourth-order valence-electron chi connectivity index (χ4n) is 5.70. The molecule has 0 amide bonds. The largest absolute Gasteiger partial charge is 0.488 e. The van der Waals surface area contributed by atoms with E-state index in [1.165, 1.54) is 19.4 Å². The second-order valence-electron chi connectivity index (χ2n) is 10.1. The summed E-state index contributed by atoms with van der Waals surface area (Å²) < 4.78 is 14.4. The highest BCUT2D eigenvalue weighted by Crippen LogP contribution is 2.45. The van der Waals surface area contributed by atoms with E-state index >= 15 is 0 Å². The smallest absolute Gasteiger partial charge is 0.207 e. The molecular formula is C27H30N6O2. The summed E-state index contributed by atoms with van der Waals surface area (Å²) in [7, 11) is 0. The zero-order chi connectivity index (χ0) is 23.5. The van der Waals surface area contributed by atoms with Crippen LogP contribution in [0.1, 0.15) is 36.0 Å². The zero-order valence-corrected chi connectivity index (χ0v) is 20.3. The van der Waals surface area contributed by atoms with Gasteiger partial charge in [-0.25, -0.2) is 4.98 Å². The Bertz CT molecular complexity index is 1360. The summed E-state index contributed by atoms with van der Waals surface area (Å²) in [5.41, 5.74) is 5.85. The molecule has 0 N–H and O–H groups in total. The molecule has 0 unspecified atom stereocenters. The number of rotatable bonds is 5.